The molecule has 6 heteroatoms. The summed E-state index contributed by atoms with van der Waals surface area (Å²) in [7, 11) is 0. The van der Waals surface area contributed by atoms with Gasteiger partial charge in [0.2, 0.25) is 0 Å². The van der Waals surface area contributed by atoms with Crippen LogP contribution in [0, 0.1) is 0 Å². The molecule has 1 heterocycles. The molecule has 0 aromatic heterocycles. The third-order valence-corrected chi connectivity index (χ3v) is 6.52. The molecule has 5 rings (SSSR count). The summed E-state index contributed by atoms with van der Waals surface area (Å²) in [6.45, 7) is -1.97. The smallest absolute Gasteiger partial charge is 0.338 e. The van der Waals surface area contributed by atoms with Crippen LogP contribution in [0.15, 0.2) is 121 Å². The second-order valence-electron chi connectivity index (χ2n) is 9.49. The molecule has 0 unspecified atom stereocenters. The summed E-state index contributed by atoms with van der Waals surface area (Å²) in [5.41, 5.74) is 3.42. The van der Waals surface area contributed by atoms with E-state index < -0.39 is 36.9 Å². The Hall–Kier alpha value is -3.81. The van der Waals surface area contributed by atoms with Gasteiger partial charge in [0.25, 0.3) is 0 Å². The van der Waals surface area contributed by atoms with Crippen LogP contribution < -0.4 is 0 Å². The third-order valence-electron chi connectivity index (χ3n) is 6.52. The van der Waals surface area contributed by atoms with Crippen LogP contribution in [0.3, 0.4) is 0 Å². The zero-order valence-corrected chi connectivity index (χ0v) is 22.1. The van der Waals surface area contributed by atoms with Crippen LogP contribution in [-0.4, -0.2) is 36.9 Å². The Bertz CT molecular complexity index is 1370. The molecular formula is C34H34O6. The molecule has 4 aromatic rings. The molecule has 0 radical (unpaired) electrons. The second-order valence-corrected chi connectivity index (χ2v) is 9.49. The van der Waals surface area contributed by atoms with Crippen LogP contribution in [0.4, 0.5) is 0 Å². The van der Waals surface area contributed by atoms with Crippen molar-refractivity contribution in [3.05, 3.63) is 144 Å². The lowest BCUT2D eigenvalue weighted by molar-refractivity contribution is -0.239. The quantitative estimate of drug-likeness (QED) is 0.197. The minimum Gasteiger partial charge on any atom is -0.455 e. The van der Waals surface area contributed by atoms with E-state index in [1.54, 1.807) is 0 Å². The Kier molecular flexibility index (Phi) is 9.15. The SMILES string of the molecule is [2H]C([2H])(OCc1ccccc1)[C@H]1OC(=O)[C@H](OCc2ccccc2)[C@@H](OCc2ccccc2)[C@@H]1OCc1ccccc1. The maximum absolute atomic E-state index is 13.5. The Morgan fingerprint density at radius 3 is 1.43 bits per heavy atom. The van der Waals surface area contributed by atoms with E-state index >= 15 is 0 Å². The highest BCUT2D eigenvalue weighted by Gasteiger charge is 2.48. The fraction of sp³-hybridized carbons (Fsp3) is 0.265. The molecule has 0 bridgehead atoms. The number of carbonyl (C=O) groups is 1. The van der Waals surface area contributed by atoms with E-state index in [4.69, 9.17) is 26.4 Å². The molecule has 1 saturated heterocycles. The molecule has 206 valence electrons. The van der Waals surface area contributed by atoms with Crippen molar-refractivity contribution in [2.45, 2.75) is 50.8 Å². The molecule has 0 spiro atoms. The van der Waals surface area contributed by atoms with Crippen molar-refractivity contribution in [2.75, 3.05) is 6.56 Å². The number of esters is 1. The van der Waals surface area contributed by atoms with Gasteiger partial charge < -0.3 is 23.7 Å². The van der Waals surface area contributed by atoms with E-state index in [-0.39, 0.29) is 26.4 Å². The van der Waals surface area contributed by atoms with Crippen molar-refractivity contribution in [3.8, 4) is 0 Å². The normalized spacial score (nSPS) is 21.8. The number of cyclic esters (lactones) is 1. The number of benzene rings is 4. The van der Waals surface area contributed by atoms with Crippen LogP contribution in [0.1, 0.15) is 25.0 Å². The van der Waals surface area contributed by atoms with Crippen molar-refractivity contribution in [1.82, 2.24) is 0 Å². The van der Waals surface area contributed by atoms with Gasteiger partial charge >= 0.3 is 5.97 Å². The zero-order chi connectivity index (χ0) is 29.2. The first-order chi connectivity index (χ1) is 20.5. The number of ether oxygens (including phenoxy) is 5. The number of carbonyl (C=O) groups excluding carboxylic acids is 1. The Morgan fingerprint density at radius 1 is 0.550 bits per heavy atom. The lowest BCUT2D eigenvalue weighted by atomic mass is 9.98. The van der Waals surface area contributed by atoms with E-state index in [0.717, 1.165) is 22.3 Å². The maximum Gasteiger partial charge on any atom is 0.338 e. The van der Waals surface area contributed by atoms with Gasteiger partial charge in [-0.25, -0.2) is 4.79 Å². The molecule has 1 aliphatic rings. The van der Waals surface area contributed by atoms with Crippen molar-refractivity contribution < 1.29 is 31.2 Å². The van der Waals surface area contributed by atoms with Gasteiger partial charge in [-0.3, -0.25) is 0 Å². The molecule has 0 N–H and O–H groups in total. The van der Waals surface area contributed by atoms with E-state index in [1.807, 2.05) is 121 Å². The molecule has 40 heavy (non-hydrogen) atoms. The first kappa shape index (κ1) is 25.2. The lowest BCUT2D eigenvalue weighted by Crippen LogP contribution is -2.59. The highest BCUT2D eigenvalue weighted by atomic mass is 16.6. The third kappa shape index (κ3) is 7.87. The molecule has 4 atom stereocenters. The topological polar surface area (TPSA) is 63.2 Å². The summed E-state index contributed by atoms with van der Waals surface area (Å²) >= 11 is 0. The fourth-order valence-corrected chi connectivity index (χ4v) is 4.43. The van der Waals surface area contributed by atoms with Gasteiger partial charge in [-0.1, -0.05) is 121 Å². The monoisotopic (exact) mass is 540 g/mol. The Morgan fingerprint density at radius 2 is 0.950 bits per heavy atom. The number of hydrogen-bond acceptors (Lipinski definition) is 6. The van der Waals surface area contributed by atoms with Crippen molar-refractivity contribution in [1.29, 1.82) is 0 Å². The number of hydrogen-bond donors (Lipinski definition) is 0. The summed E-state index contributed by atoms with van der Waals surface area (Å²) in [6, 6.07) is 37.8. The van der Waals surface area contributed by atoms with Crippen LogP contribution in [-0.2, 0) is 54.9 Å². The maximum atomic E-state index is 13.5. The summed E-state index contributed by atoms with van der Waals surface area (Å²) < 4.78 is 48.0. The van der Waals surface area contributed by atoms with E-state index in [1.165, 1.54) is 0 Å². The average Bonchev–Trinajstić information content (AvgIpc) is 3.03. The summed E-state index contributed by atoms with van der Waals surface area (Å²) in [5, 5.41) is 0. The van der Waals surface area contributed by atoms with Crippen molar-refractivity contribution in [3.63, 3.8) is 0 Å². The lowest BCUT2D eigenvalue weighted by Gasteiger charge is -2.41. The largest absolute Gasteiger partial charge is 0.455 e. The van der Waals surface area contributed by atoms with Crippen LogP contribution in [0.2, 0.25) is 0 Å². The molecule has 6 nitrogen and oxygen atoms in total. The van der Waals surface area contributed by atoms with E-state index in [0.29, 0.717) is 0 Å². The fourth-order valence-electron chi connectivity index (χ4n) is 4.43. The van der Waals surface area contributed by atoms with Crippen LogP contribution in [0.5, 0.6) is 0 Å². The van der Waals surface area contributed by atoms with Gasteiger partial charge in [0.15, 0.2) is 12.2 Å². The summed E-state index contributed by atoms with van der Waals surface area (Å²) in [6.07, 6.45) is -4.61. The molecule has 1 aliphatic heterocycles. The predicted molar refractivity (Wildman–Crippen MR) is 151 cm³/mol. The van der Waals surface area contributed by atoms with Crippen molar-refractivity contribution in [2.24, 2.45) is 0 Å². The van der Waals surface area contributed by atoms with Crippen LogP contribution >= 0.6 is 0 Å². The first-order valence-electron chi connectivity index (χ1n) is 14.3. The Balaban J connectivity index is 1.43. The minimum atomic E-state index is -2.40. The first-order valence-corrected chi connectivity index (χ1v) is 13.3. The molecule has 0 amide bonds. The molecule has 4 aromatic carbocycles. The van der Waals surface area contributed by atoms with E-state index in [9.17, 15) is 4.79 Å². The van der Waals surface area contributed by atoms with Gasteiger partial charge in [0.05, 0.1) is 35.7 Å². The van der Waals surface area contributed by atoms with Gasteiger partial charge in [-0.05, 0) is 22.3 Å². The predicted octanol–water partition coefficient (Wildman–Crippen LogP) is 5.88. The number of rotatable bonds is 13. The molecule has 1 fully saturated rings. The minimum absolute atomic E-state index is 0.0171. The standard InChI is InChI=1S/C34H34O6/c35-34-33(39-24-29-19-11-4-12-20-29)32(38-23-28-17-9-3-10-18-28)31(37-22-27-15-7-2-8-16-27)30(40-34)25-36-21-26-13-5-1-6-14-26/h1-20,30-33H,21-25H2/t30-,31-,32+,33-/m1/s1/i25D2. The average molecular weight is 541 g/mol. The van der Waals surface area contributed by atoms with Gasteiger partial charge in [-0.2, -0.15) is 0 Å². The van der Waals surface area contributed by atoms with Gasteiger partial charge in [0, 0.05) is 0 Å². The second kappa shape index (κ2) is 14.5. The van der Waals surface area contributed by atoms with Gasteiger partial charge in [-0.15, -0.1) is 0 Å². The summed E-state index contributed by atoms with van der Waals surface area (Å²) in [5.74, 6) is -0.735. The molecule has 0 saturated carbocycles. The molecular weight excluding hydrogens is 504 g/mol. The van der Waals surface area contributed by atoms with Crippen molar-refractivity contribution >= 4 is 5.97 Å². The highest BCUT2D eigenvalue weighted by Crippen LogP contribution is 2.28. The van der Waals surface area contributed by atoms with Gasteiger partial charge in [0.1, 0.15) is 12.2 Å². The summed E-state index contributed by atoms with van der Waals surface area (Å²) in [4.78, 5) is 13.5. The zero-order valence-electron chi connectivity index (χ0n) is 24.1. The molecule has 0 aliphatic carbocycles. The highest BCUT2D eigenvalue weighted by molar-refractivity contribution is 5.77. The van der Waals surface area contributed by atoms with Crippen LogP contribution in [0.25, 0.3) is 0 Å². The Labute approximate surface area is 238 Å². The van der Waals surface area contributed by atoms with E-state index in [2.05, 4.69) is 0 Å².